The molecule has 1 saturated heterocycles. The predicted molar refractivity (Wildman–Crippen MR) is 73.1 cm³/mol. The molecule has 1 aromatic heterocycles. The molecule has 1 N–H and O–H groups in total. The van der Waals surface area contributed by atoms with Crippen LogP contribution in [-0.2, 0) is 11.3 Å². The van der Waals surface area contributed by atoms with Crippen molar-refractivity contribution in [3.8, 4) is 0 Å². The molecule has 0 bridgehead atoms. The number of ether oxygens (including phenoxy) is 1. The number of hydrogen-bond acceptors (Lipinski definition) is 3. The summed E-state index contributed by atoms with van der Waals surface area (Å²) in [7, 11) is 0. The average Bonchev–Trinajstić information content (AvgIpc) is 2.96. The van der Waals surface area contributed by atoms with Crippen molar-refractivity contribution >= 4 is 10.8 Å². The highest BCUT2D eigenvalue weighted by Gasteiger charge is 2.24. The first-order valence-corrected chi connectivity index (χ1v) is 6.60. The van der Waals surface area contributed by atoms with E-state index in [1.54, 1.807) is 10.8 Å². The summed E-state index contributed by atoms with van der Waals surface area (Å²) >= 11 is 0. The zero-order valence-electron chi connectivity index (χ0n) is 10.7. The van der Waals surface area contributed by atoms with E-state index in [4.69, 9.17) is 4.74 Å². The Morgan fingerprint density at radius 2 is 2.21 bits per heavy atom. The third-order valence-electron chi connectivity index (χ3n) is 3.78. The molecule has 0 aliphatic carbocycles. The second-order valence-corrected chi connectivity index (χ2v) is 5.05. The Hall–Kier alpha value is -1.65. The molecule has 1 aliphatic rings. The summed E-state index contributed by atoms with van der Waals surface area (Å²) in [4.78, 5) is 12.3. The van der Waals surface area contributed by atoms with Crippen LogP contribution in [0, 0.1) is 5.92 Å². The van der Waals surface area contributed by atoms with Crippen LogP contribution in [0.2, 0.25) is 0 Å². The number of aliphatic hydroxyl groups is 1. The minimum atomic E-state index is -0.527. The van der Waals surface area contributed by atoms with E-state index < -0.39 is 6.10 Å². The highest BCUT2D eigenvalue weighted by Crippen LogP contribution is 2.18. The van der Waals surface area contributed by atoms with Gasteiger partial charge in [0.05, 0.1) is 19.3 Å². The van der Waals surface area contributed by atoms with Gasteiger partial charge in [-0.3, -0.25) is 4.79 Å². The third kappa shape index (κ3) is 2.41. The molecule has 1 aliphatic heterocycles. The van der Waals surface area contributed by atoms with Crippen LogP contribution in [0.3, 0.4) is 0 Å². The molecule has 4 nitrogen and oxygen atoms in total. The molecule has 2 aromatic rings. The predicted octanol–water partition coefficient (Wildman–Crippen LogP) is 1.40. The van der Waals surface area contributed by atoms with E-state index in [0.717, 1.165) is 11.8 Å². The Bertz CT molecular complexity index is 629. The minimum absolute atomic E-state index is 0.0453. The van der Waals surface area contributed by atoms with Gasteiger partial charge in [0.1, 0.15) is 0 Å². The van der Waals surface area contributed by atoms with Crippen molar-refractivity contribution in [1.82, 2.24) is 4.57 Å². The molecule has 0 spiro atoms. The largest absolute Gasteiger partial charge is 0.391 e. The number of benzene rings is 1. The van der Waals surface area contributed by atoms with Crippen LogP contribution >= 0.6 is 0 Å². The first-order chi connectivity index (χ1) is 9.25. The van der Waals surface area contributed by atoms with Gasteiger partial charge in [0.2, 0.25) is 0 Å². The molecular formula is C15H17NO3. The van der Waals surface area contributed by atoms with Gasteiger partial charge in [0, 0.05) is 24.1 Å². The number of nitrogens with zero attached hydrogens (tertiary/aromatic N) is 1. The molecule has 100 valence electrons. The Balaban J connectivity index is 1.88. The maximum Gasteiger partial charge on any atom is 0.258 e. The average molecular weight is 259 g/mol. The molecule has 19 heavy (non-hydrogen) atoms. The third-order valence-corrected chi connectivity index (χ3v) is 3.78. The van der Waals surface area contributed by atoms with Gasteiger partial charge in [-0.2, -0.15) is 0 Å². The molecule has 0 radical (unpaired) electrons. The number of hydrogen-bond donors (Lipinski definition) is 1. The highest BCUT2D eigenvalue weighted by atomic mass is 16.5. The van der Waals surface area contributed by atoms with E-state index in [9.17, 15) is 9.90 Å². The summed E-state index contributed by atoms with van der Waals surface area (Å²) in [6.07, 6.45) is 2.09. The topological polar surface area (TPSA) is 51.5 Å². The lowest BCUT2D eigenvalue weighted by Gasteiger charge is -2.17. The Morgan fingerprint density at radius 3 is 3.00 bits per heavy atom. The second-order valence-electron chi connectivity index (χ2n) is 5.05. The smallest absolute Gasteiger partial charge is 0.258 e. The molecule has 0 amide bonds. The van der Waals surface area contributed by atoms with E-state index in [1.165, 1.54) is 0 Å². The van der Waals surface area contributed by atoms with Crippen LogP contribution in [-0.4, -0.2) is 29.0 Å². The van der Waals surface area contributed by atoms with Gasteiger partial charge in [0.15, 0.2) is 0 Å². The van der Waals surface area contributed by atoms with Crippen LogP contribution < -0.4 is 5.56 Å². The number of pyridine rings is 1. The van der Waals surface area contributed by atoms with Gasteiger partial charge < -0.3 is 14.4 Å². The normalized spacial score (nSPS) is 20.8. The lowest BCUT2D eigenvalue weighted by molar-refractivity contribution is 0.0771. The molecule has 4 heteroatoms. The van der Waals surface area contributed by atoms with Crippen LogP contribution in [0.25, 0.3) is 10.8 Å². The minimum Gasteiger partial charge on any atom is -0.391 e. The number of aromatic nitrogens is 1. The van der Waals surface area contributed by atoms with Gasteiger partial charge in [-0.15, -0.1) is 0 Å². The van der Waals surface area contributed by atoms with E-state index in [-0.39, 0.29) is 11.5 Å². The zero-order valence-corrected chi connectivity index (χ0v) is 10.7. The Kier molecular flexibility index (Phi) is 3.36. The Labute approximate surface area is 111 Å². The van der Waals surface area contributed by atoms with Crippen molar-refractivity contribution in [2.45, 2.75) is 19.1 Å². The first-order valence-electron chi connectivity index (χ1n) is 6.60. The summed E-state index contributed by atoms with van der Waals surface area (Å²) in [5, 5.41) is 11.8. The van der Waals surface area contributed by atoms with Crippen molar-refractivity contribution in [2.24, 2.45) is 5.92 Å². The van der Waals surface area contributed by atoms with E-state index in [1.807, 2.05) is 30.3 Å². The summed E-state index contributed by atoms with van der Waals surface area (Å²) in [5.41, 5.74) is -0.0453. The van der Waals surface area contributed by atoms with Crippen molar-refractivity contribution in [3.05, 3.63) is 46.9 Å². The van der Waals surface area contributed by atoms with Gasteiger partial charge in [-0.1, -0.05) is 18.2 Å². The van der Waals surface area contributed by atoms with Gasteiger partial charge >= 0.3 is 0 Å². The van der Waals surface area contributed by atoms with Crippen molar-refractivity contribution < 1.29 is 9.84 Å². The molecule has 2 heterocycles. The zero-order chi connectivity index (χ0) is 13.2. The lowest BCUT2D eigenvalue weighted by atomic mass is 10.0. The molecule has 2 atom stereocenters. The number of rotatable bonds is 3. The fourth-order valence-electron chi connectivity index (χ4n) is 2.58. The maximum absolute atomic E-state index is 12.3. The quantitative estimate of drug-likeness (QED) is 0.906. The lowest BCUT2D eigenvalue weighted by Crippen LogP contribution is -2.31. The van der Waals surface area contributed by atoms with Crippen molar-refractivity contribution in [2.75, 3.05) is 13.2 Å². The molecular weight excluding hydrogens is 242 g/mol. The SMILES string of the molecule is O=c1c2ccccc2ccn1CC(O)C1CCOC1. The summed E-state index contributed by atoms with van der Waals surface area (Å²) < 4.78 is 6.86. The van der Waals surface area contributed by atoms with Gasteiger partial charge in [-0.05, 0) is 23.9 Å². The Morgan fingerprint density at radius 1 is 1.37 bits per heavy atom. The number of fused-ring (bicyclic) bond motifs is 1. The summed E-state index contributed by atoms with van der Waals surface area (Å²) in [6.45, 7) is 1.62. The van der Waals surface area contributed by atoms with Crippen LogP contribution in [0.4, 0.5) is 0 Å². The second kappa shape index (κ2) is 5.15. The van der Waals surface area contributed by atoms with Gasteiger partial charge in [-0.25, -0.2) is 0 Å². The maximum atomic E-state index is 12.3. The highest BCUT2D eigenvalue weighted by molar-refractivity contribution is 5.81. The standard InChI is InChI=1S/C15H17NO3/c17-14(12-6-8-19-10-12)9-16-7-5-11-3-1-2-4-13(11)15(16)18/h1-5,7,12,14,17H,6,8-10H2. The fraction of sp³-hybridized carbons (Fsp3) is 0.400. The van der Waals surface area contributed by atoms with Crippen LogP contribution in [0.5, 0.6) is 0 Å². The monoisotopic (exact) mass is 259 g/mol. The molecule has 3 rings (SSSR count). The first kappa shape index (κ1) is 12.4. The number of aliphatic hydroxyl groups excluding tert-OH is 1. The van der Waals surface area contributed by atoms with Crippen LogP contribution in [0.15, 0.2) is 41.3 Å². The van der Waals surface area contributed by atoms with E-state index >= 15 is 0 Å². The van der Waals surface area contributed by atoms with E-state index in [2.05, 4.69) is 0 Å². The van der Waals surface area contributed by atoms with Crippen molar-refractivity contribution in [3.63, 3.8) is 0 Å². The molecule has 1 fully saturated rings. The summed E-state index contributed by atoms with van der Waals surface area (Å²) in [5.74, 6) is 0.137. The molecule has 1 aromatic carbocycles. The summed E-state index contributed by atoms with van der Waals surface area (Å²) in [6, 6.07) is 9.42. The van der Waals surface area contributed by atoms with E-state index in [0.29, 0.717) is 25.1 Å². The molecule has 2 unspecified atom stereocenters. The van der Waals surface area contributed by atoms with Crippen molar-refractivity contribution in [1.29, 1.82) is 0 Å². The fourth-order valence-corrected chi connectivity index (χ4v) is 2.58. The molecule has 0 saturated carbocycles. The van der Waals surface area contributed by atoms with Crippen LogP contribution in [0.1, 0.15) is 6.42 Å². The van der Waals surface area contributed by atoms with Gasteiger partial charge in [0.25, 0.3) is 5.56 Å².